The molecule has 1 fully saturated rings. The second-order valence-electron chi connectivity index (χ2n) is 4.77. The van der Waals surface area contributed by atoms with Crippen molar-refractivity contribution in [2.75, 3.05) is 11.4 Å². The molecule has 4 heteroatoms. The van der Waals surface area contributed by atoms with Crippen molar-refractivity contribution < 1.29 is 5.11 Å². The lowest BCUT2D eigenvalue weighted by Gasteiger charge is -2.28. The van der Waals surface area contributed by atoms with E-state index in [2.05, 4.69) is 16.8 Å². The van der Waals surface area contributed by atoms with Crippen LogP contribution < -0.4 is 4.90 Å². The van der Waals surface area contributed by atoms with Gasteiger partial charge < -0.3 is 10.0 Å². The summed E-state index contributed by atoms with van der Waals surface area (Å²) in [4.78, 5) is 8.10. The van der Waals surface area contributed by atoms with Crippen molar-refractivity contribution in [2.24, 2.45) is 0 Å². The Balaban J connectivity index is 2.22. The summed E-state index contributed by atoms with van der Waals surface area (Å²) >= 11 is 1.66. The third kappa shape index (κ3) is 2.80. The number of aliphatic hydroxyl groups excluding tert-OH is 1. The van der Waals surface area contributed by atoms with Crippen LogP contribution in [0, 0.1) is 6.92 Å². The number of hydrogen-bond acceptors (Lipinski definition) is 4. The van der Waals surface area contributed by atoms with Crippen LogP contribution in [0.2, 0.25) is 0 Å². The first-order valence-electron chi connectivity index (χ1n) is 6.60. The zero-order valence-electron chi connectivity index (χ0n) is 10.8. The molecule has 0 aromatic carbocycles. The number of aromatic nitrogens is 1. The molecule has 0 saturated carbocycles. The molecule has 0 spiro atoms. The maximum Gasteiger partial charge on any atom is 0.186 e. The van der Waals surface area contributed by atoms with Crippen LogP contribution in [-0.2, 0) is 6.61 Å². The van der Waals surface area contributed by atoms with E-state index in [1.807, 2.05) is 6.92 Å². The molecule has 17 heavy (non-hydrogen) atoms. The monoisotopic (exact) mass is 254 g/mol. The fourth-order valence-electron chi connectivity index (χ4n) is 2.54. The highest BCUT2D eigenvalue weighted by molar-refractivity contribution is 7.15. The van der Waals surface area contributed by atoms with Gasteiger partial charge in [-0.3, -0.25) is 0 Å². The molecule has 0 radical (unpaired) electrons. The van der Waals surface area contributed by atoms with E-state index >= 15 is 0 Å². The van der Waals surface area contributed by atoms with Crippen LogP contribution in [-0.4, -0.2) is 22.7 Å². The summed E-state index contributed by atoms with van der Waals surface area (Å²) in [6, 6.07) is 0.634. The van der Waals surface area contributed by atoms with Crippen LogP contribution in [0.3, 0.4) is 0 Å². The van der Waals surface area contributed by atoms with Gasteiger partial charge in [-0.05, 0) is 26.2 Å². The molecule has 1 unspecified atom stereocenters. The largest absolute Gasteiger partial charge is 0.391 e. The topological polar surface area (TPSA) is 36.4 Å². The molecule has 1 aliphatic heterocycles. The quantitative estimate of drug-likeness (QED) is 0.900. The Kier molecular flexibility index (Phi) is 4.40. The van der Waals surface area contributed by atoms with Crippen molar-refractivity contribution >= 4 is 16.5 Å². The predicted octanol–water partition coefficient (Wildman–Crippen LogP) is 3.10. The van der Waals surface area contributed by atoms with E-state index in [-0.39, 0.29) is 6.61 Å². The standard InChI is InChI=1S/C13H22N2OS/c1-3-11-7-5-4-6-8-15(11)13-14-10(2)12(9-16)17-13/h11,16H,3-9H2,1-2H3. The molecule has 1 aromatic heterocycles. The van der Waals surface area contributed by atoms with Gasteiger partial charge in [0.1, 0.15) is 0 Å². The summed E-state index contributed by atoms with van der Waals surface area (Å²) in [6.07, 6.45) is 6.41. The fraction of sp³-hybridized carbons (Fsp3) is 0.769. The Morgan fingerprint density at radius 1 is 1.41 bits per heavy atom. The van der Waals surface area contributed by atoms with Gasteiger partial charge >= 0.3 is 0 Å². The smallest absolute Gasteiger partial charge is 0.186 e. The van der Waals surface area contributed by atoms with E-state index in [0.29, 0.717) is 6.04 Å². The maximum absolute atomic E-state index is 9.26. The molecule has 1 aliphatic rings. The van der Waals surface area contributed by atoms with Gasteiger partial charge in [-0.15, -0.1) is 0 Å². The van der Waals surface area contributed by atoms with Gasteiger partial charge in [0.2, 0.25) is 0 Å². The average Bonchev–Trinajstić information content (AvgIpc) is 2.57. The first-order valence-corrected chi connectivity index (χ1v) is 7.41. The molecular weight excluding hydrogens is 232 g/mol. The molecule has 96 valence electrons. The highest BCUT2D eigenvalue weighted by Crippen LogP contribution is 2.31. The van der Waals surface area contributed by atoms with Crippen molar-refractivity contribution in [3.63, 3.8) is 0 Å². The van der Waals surface area contributed by atoms with Gasteiger partial charge in [-0.25, -0.2) is 4.98 Å². The van der Waals surface area contributed by atoms with Crippen LogP contribution in [0.4, 0.5) is 5.13 Å². The van der Waals surface area contributed by atoms with Crippen LogP contribution in [0.5, 0.6) is 0 Å². The lowest BCUT2D eigenvalue weighted by molar-refractivity contribution is 0.284. The molecule has 2 rings (SSSR count). The minimum Gasteiger partial charge on any atom is -0.391 e. The summed E-state index contributed by atoms with van der Waals surface area (Å²) in [5.41, 5.74) is 0.992. The average molecular weight is 254 g/mol. The van der Waals surface area contributed by atoms with E-state index in [1.165, 1.54) is 32.1 Å². The van der Waals surface area contributed by atoms with Gasteiger partial charge in [-0.2, -0.15) is 0 Å². The summed E-state index contributed by atoms with van der Waals surface area (Å²) in [5, 5.41) is 10.4. The first kappa shape index (κ1) is 12.8. The summed E-state index contributed by atoms with van der Waals surface area (Å²) in [7, 11) is 0. The molecule has 1 aromatic rings. The summed E-state index contributed by atoms with van der Waals surface area (Å²) < 4.78 is 0. The Morgan fingerprint density at radius 3 is 2.88 bits per heavy atom. The van der Waals surface area contributed by atoms with Crippen LogP contribution in [0.15, 0.2) is 0 Å². The minimum absolute atomic E-state index is 0.119. The molecule has 0 bridgehead atoms. The van der Waals surface area contributed by atoms with Gasteiger partial charge in [0, 0.05) is 12.6 Å². The number of anilines is 1. The summed E-state index contributed by atoms with van der Waals surface area (Å²) in [5.74, 6) is 0. The summed E-state index contributed by atoms with van der Waals surface area (Å²) in [6.45, 7) is 5.49. The van der Waals surface area contributed by atoms with Crippen molar-refractivity contribution in [3.05, 3.63) is 10.6 Å². The number of nitrogens with zero attached hydrogens (tertiary/aromatic N) is 2. The molecule has 1 saturated heterocycles. The SMILES string of the molecule is CCC1CCCCCN1c1nc(C)c(CO)s1. The highest BCUT2D eigenvalue weighted by Gasteiger charge is 2.22. The molecule has 3 nitrogen and oxygen atoms in total. The van der Waals surface area contributed by atoms with Gasteiger partial charge in [0.15, 0.2) is 5.13 Å². The van der Waals surface area contributed by atoms with E-state index in [4.69, 9.17) is 0 Å². The number of aliphatic hydroxyl groups is 1. The van der Waals surface area contributed by atoms with E-state index < -0.39 is 0 Å². The second-order valence-corrected chi connectivity index (χ2v) is 5.83. The van der Waals surface area contributed by atoms with Crippen molar-refractivity contribution in [3.8, 4) is 0 Å². The highest BCUT2D eigenvalue weighted by atomic mass is 32.1. The van der Waals surface area contributed by atoms with E-state index in [1.54, 1.807) is 11.3 Å². The molecule has 2 heterocycles. The minimum atomic E-state index is 0.119. The third-order valence-electron chi connectivity index (χ3n) is 3.62. The van der Waals surface area contributed by atoms with Crippen molar-refractivity contribution in [1.82, 2.24) is 4.98 Å². The lowest BCUT2D eigenvalue weighted by Crippen LogP contribution is -2.34. The van der Waals surface area contributed by atoms with E-state index in [9.17, 15) is 5.11 Å². The van der Waals surface area contributed by atoms with E-state index in [0.717, 1.165) is 22.2 Å². The number of thiazole rings is 1. The Hall–Kier alpha value is -0.610. The first-order chi connectivity index (χ1) is 8.26. The zero-order valence-corrected chi connectivity index (χ0v) is 11.6. The Morgan fingerprint density at radius 2 is 2.24 bits per heavy atom. The Bertz CT molecular complexity index is 364. The molecule has 0 aliphatic carbocycles. The number of aryl methyl sites for hydroxylation is 1. The molecule has 1 N–H and O–H groups in total. The van der Waals surface area contributed by atoms with Crippen molar-refractivity contribution in [2.45, 2.75) is 58.6 Å². The molecule has 0 amide bonds. The number of hydrogen-bond donors (Lipinski definition) is 1. The maximum atomic E-state index is 9.26. The van der Waals surface area contributed by atoms with Gasteiger partial charge in [0.25, 0.3) is 0 Å². The van der Waals surface area contributed by atoms with Crippen LogP contribution in [0.25, 0.3) is 0 Å². The van der Waals surface area contributed by atoms with Crippen molar-refractivity contribution in [1.29, 1.82) is 0 Å². The normalized spacial score (nSPS) is 21.6. The second kappa shape index (κ2) is 5.83. The Labute approximate surface area is 107 Å². The van der Waals surface area contributed by atoms with Crippen LogP contribution >= 0.6 is 11.3 Å². The zero-order chi connectivity index (χ0) is 12.3. The molecule has 1 atom stereocenters. The predicted molar refractivity (Wildman–Crippen MR) is 72.7 cm³/mol. The van der Waals surface area contributed by atoms with Gasteiger partial charge in [-0.1, -0.05) is 31.1 Å². The molecular formula is C13H22N2OS. The lowest BCUT2D eigenvalue weighted by atomic mass is 10.1. The van der Waals surface area contributed by atoms with Crippen LogP contribution in [0.1, 0.15) is 49.6 Å². The fourth-order valence-corrected chi connectivity index (χ4v) is 3.55. The van der Waals surface area contributed by atoms with Gasteiger partial charge in [0.05, 0.1) is 17.2 Å². The third-order valence-corrected chi connectivity index (χ3v) is 4.80. The number of rotatable bonds is 3.